The van der Waals surface area contributed by atoms with E-state index in [4.69, 9.17) is 14.2 Å². The molecule has 1 heterocycles. The van der Waals surface area contributed by atoms with Crippen LogP contribution in [0.15, 0.2) is 59.5 Å². The van der Waals surface area contributed by atoms with Gasteiger partial charge >= 0.3 is 5.97 Å². The Balaban J connectivity index is 1.51. The molecule has 7 nitrogen and oxygen atoms in total. The van der Waals surface area contributed by atoms with Crippen molar-refractivity contribution >= 4 is 35.0 Å². The highest BCUT2D eigenvalue weighted by atomic mass is 32.2. The van der Waals surface area contributed by atoms with Crippen molar-refractivity contribution in [2.45, 2.75) is 26.4 Å². The summed E-state index contributed by atoms with van der Waals surface area (Å²) in [5.74, 6) is 0.355. The largest absolute Gasteiger partial charge is 0.490 e. The number of esters is 1. The molecule has 32 heavy (non-hydrogen) atoms. The summed E-state index contributed by atoms with van der Waals surface area (Å²) in [4.78, 5) is 37.8. The Morgan fingerprint density at radius 2 is 1.62 bits per heavy atom. The molecule has 2 aromatic rings. The number of carbonyl (C=O) groups is 3. The zero-order valence-electron chi connectivity index (χ0n) is 18.0. The van der Waals surface area contributed by atoms with Crippen LogP contribution in [0.2, 0.25) is 0 Å². The van der Waals surface area contributed by atoms with Crippen LogP contribution >= 0.6 is 11.8 Å². The van der Waals surface area contributed by atoms with Gasteiger partial charge in [-0.3, -0.25) is 19.3 Å². The molecule has 1 atom stereocenters. The summed E-state index contributed by atoms with van der Waals surface area (Å²) in [5.41, 5.74) is 0.741. The maximum atomic E-state index is 12.5. The number of hydrogen-bond donors (Lipinski definition) is 0. The molecule has 0 spiro atoms. The summed E-state index contributed by atoms with van der Waals surface area (Å²) in [6.45, 7) is 4.06. The highest BCUT2D eigenvalue weighted by molar-refractivity contribution is 8.18. The van der Waals surface area contributed by atoms with Crippen LogP contribution in [0.4, 0.5) is 4.79 Å². The van der Waals surface area contributed by atoms with E-state index in [9.17, 15) is 14.4 Å². The summed E-state index contributed by atoms with van der Waals surface area (Å²) in [6.07, 6.45) is 2.02. The fourth-order valence-corrected chi connectivity index (χ4v) is 3.60. The molecule has 8 heteroatoms. The number of amides is 2. The Bertz CT molecular complexity index is 974. The molecule has 0 unspecified atom stereocenters. The average molecular weight is 456 g/mol. The molecule has 0 aliphatic carbocycles. The highest BCUT2D eigenvalue weighted by Gasteiger charge is 2.36. The number of para-hydroxylation sites is 1. The lowest BCUT2D eigenvalue weighted by Gasteiger charge is -2.14. The average Bonchev–Trinajstić information content (AvgIpc) is 3.05. The van der Waals surface area contributed by atoms with Gasteiger partial charge < -0.3 is 14.2 Å². The van der Waals surface area contributed by atoms with Crippen molar-refractivity contribution < 1.29 is 28.6 Å². The zero-order valence-corrected chi connectivity index (χ0v) is 18.8. The highest BCUT2D eigenvalue weighted by Crippen LogP contribution is 2.32. The van der Waals surface area contributed by atoms with E-state index in [1.54, 1.807) is 37.3 Å². The van der Waals surface area contributed by atoms with E-state index < -0.39 is 17.1 Å². The summed E-state index contributed by atoms with van der Waals surface area (Å²) >= 11 is 0.805. The van der Waals surface area contributed by atoms with Crippen LogP contribution in [0.5, 0.6) is 11.5 Å². The number of benzene rings is 2. The third kappa shape index (κ3) is 6.62. The summed E-state index contributed by atoms with van der Waals surface area (Å²) in [6, 6.07) is 16.6. The van der Waals surface area contributed by atoms with Gasteiger partial charge in [0.1, 0.15) is 31.3 Å². The standard InChI is InChI=1S/C24H25NO6S/c1-3-17(2)31-22(26)16-25-23(27)21(32-24(25)28)15-18-9-11-20(12-10-18)30-14-13-29-19-7-5-4-6-8-19/h4-12,15,17H,3,13-14,16H2,1-2H3/b21-15+/t17-/m1/s1. The van der Waals surface area contributed by atoms with Crippen LogP contribution in [0, 0.1) is 0 Å². The number of imide groups is 1. The van der Waals surface area contributed by atoms with Gasteiger partial charge in [-0.25, -0.2) is 0 Å². The van der Waals surface area contributed by atoms with Crippen molar-refractivity contribution in [2.75, 3.05) is 19.8 Å². The van der Waals surface area contributed by atoms with Gasteiger partial charge in [-0.15, -0.1) is 0 Å². The topological polar surface area (TPSA) is 82.1 Å². The molecule has 1 fully saturated rings. The maximum Gasteiger partial charge on any atom is 0.326 e. The Morgan fingerprint density at radius 1 is 1.00 bits per heavy atom. The van der Waals surface area contributed by atoms with Crippen molar-refractivity contribution in [1.29, 1.82) is 0 Å². The zero-order chi connectivity index (χ0) is 22.9. The van der Waals surface area contributed by atoms with Crippen LogP contribution in [-0.2, 0) is 14.3 Å². The number of thioether (sulfide) groups is 1. The Morgan fingerprint density at radius 3 is 2.25 bits per heavy atom. The van der Waals surface area contributed by atoms with Gasteiger partial charge in [0.15, 0.2) is 0 Å². The quantitative estimate of drug-likeness (QED) is 0.296. The van der Waals surface area contributed by atoms with Crippen molar-refractivity contribution in [3.05, 3.63) is 65.1 Å². The van der Waals surface area contributed by atoms with E-state index in [0.717, 1.165) is 28.0 Å². The molecule has 0 bridgehead atoms. The second-order valence-electron chi connectivity index (χ2n) is 7.06. The van der Waals surface area contributed by atoms with Gasteiger partial charge in [0.2, 0.25) is 0 Å². The van der Waals surface area contributed by atoms with Crippen LogP contribution < -0.4 is 9.47 Å². The Hall–Kier alpha value is -3.26. The predicted octanol–water partition coefficient (Wildman–Crippen LogP) is 4.52. The van der Waals surface area contributed by atoms with Gasteiger partial charge in [-0.1, -0.05) is 37.3 Å². The maximum absolute atomic E-state index is 12.5. The number of ether oxygens (including phenoxy) is 3. The molecule has 2 amide bonds. The Kier molecular flexibility index (Phi) is 8.33. The second kappa shape index (κ2) is 11.4. The number of rotatable bonds is 10. The normalized spacial score (nSPS) is 15.7. The van der Waals surface area contributed by atoms with Crippen LogP contribution in [0.25, 0.3) is 6.08 Å². The molecule has 1 saturated heterocycles. The molecule has 0 saturated carbocycles. The van der Waals surface area contributed by atoms with Gasteiger partial charge in [0.25, 0.3) is 11.1 Å². The molecule has 3 rings (SSSR count). The fourth-order valence-electron chi connectivity index (χ4n) is 2.76. The lowest BCUT2D eigenvalue weighted by molar-refractivity contribution is -0.150. The van der Waals surface area contributed by atoms with Crippen LogP contribution in [0.3, 0.4) is 0 Å². The molecule has 168 valence electrons. The predicted molar refractivity (Wildman–Crippen MR) is 122 cm³/mol. The van der Waals surface area contributed by atoms with Crippen LogP contribution in [0.1, 0.15) is 25.8 Å². The minimum atomic E-state index is -0.597. The lowest BCUT2D eigenvalue weighted by atomic mass is 10.2. The first kappa shape index (κ1) is 23.4. The first-order valence-corrected chi connectivity index (χ1v) is 11.1. The molecular weight excluding hydrogens is 430 g/mol. The van der Waals surface area contributed by atoms with Crippen molar-refractivity contribution in [3.8, 4) is 11.5 Å². The monoisotopic (exact) mass is 455 g/mol. The van der Waals surface area contributed by atoms with E-state index in [-0.39, 0.29) is 17.6 Å². The van der Waals surface area contributed by atoms with E-state index in [1.807, 2.05) is 37.3 Å². The van der Waals surface area contributed by atoms with Crippen molar-refractivity contribution in [2.24, 2.45) is 0 Å². The first-order valence-electron chi connectivity index (χ1n) is 10.3. The van der Waals surface area contributed by atoms with Gasteiger partial charge in [-0.2, -0.15) is 0 Å². The van der Waals surface area contributed by atoms with Gasteiger partial charge in [0.05, 0.1) is 11.0 Å². The lowest BCUT2D eigenvalue weighted by Crippen LogP contribution is -2.35. The molecule has 0 aromatic heterocycles. The smallest absolute Gasteiger partial charge is 0.326 e. The van der Waals surface area contributed by atoms with Crippen LogP contribution in [-0.4, -0.2) is 47.9 Å². The fraction of sp³-hybridized carbons (Fsp3) is 0.292. The molecular formula is C24H25NO6S. The summed E-state index contributed by atoms with van der Waals surface area (Å²) < 4.78 is 16.4. The minimum absolute atomic E-state index is 0.260. The van der Waals surface area contributed by atoms with Gasteiger partial charge in [-0.05, 0) is 61.0 Å². The number of carbonyl (C=O) groups excluding carboxylic acids is 3. The minimum Gasteiger partial charge on any atom is -0.490 e. The van der Waals surface area contributed by atoms with E-state index >= 15 is 0 Å². The molecule has 2 aromatic carbocycles. The van der Waals surface area contributed by atoms with Crippen molar-refractivity contribution in [3.63, 3.8) is 0 Å². The molecule has 1 aliphatic heterocycles. The summed E-state index contributed by atoms with van der Waals surface area (Å²) in [5, 5.41) is -0.485. The third-order valence-electron chi connectivity index (χ3n) is 4.61. The molecule has 0 radical (unpaired) electrons. The van der Waals surface area contributed by atoms with Crippen molar-refractivity contribution in [1.82, 2.24) is 4.90 Å². The second-order valence-corrected chi connectivity index (χ2v) is 8.05. The number of hydrogen-bond acceptors (Lipinski definition) is 7. The summed E-state index contributed by atoms with van der Waals surface area (Å²) in [7, 11) is 0. The SMILES string of the molecule is CC[C@@H](C)OC(=O)CN1C(=O)S/C(=C/c2ccc(OCCOc3ccccc3)cc2)C1=O. The van der Waals surface area contributed by atoms with Gasteiger partial charge in [0, 0.05) is 0 Å². The Labute approximate surface area is 191 Å². The third-order valence-corrected chi connectivity index (χ3v) is 5.52. The molecule has 1 aliphatic rings. The number of nitrogens with zero attached hydrogens (tertiary/aromatic N) is 1. The van der Waals surface area contributed by atoms with E-state index in [0.29, 0.717) is 25.4 Å². The molecule has 0 N–H and O–H groups in total. The van der Waals surface area contributed by atoms with E-state index in [1.165, 1.54) is 0 Å². The van der Waals surface area contributed by atoms with E-state index in [2.05, 4.69) is 0 Å². The first-order chi connectivity index (χ1) is 15.5.